The fraction of sp³-hybridized carbons (Fsp3) is 0.333. The highest BCUT2D eigenvalue weighted by molar-refractivity contribution is 6.02. The number of nitrogens with zero attached hydrogens (tertiary/aromatic N) is 2. The molecular weight excluding hydrogens is 329 g/mol. The van der Waals surface area contributed by atoms with E-state index in [0.717, 1.165) is 42.6 Å². The fourth-order valence-electron chi connectivity index (χ4n) is 3.58. The third-order valence-electron chi connectivity index (χ3n) is 4.89. The molecule has 26 heavy (non-hydrogen) atoms. The molecule has 2 aromatic rings. The van der Waals surface area contributed by atoms with Crippen molar-refractivity contribution < 1.29 is 9.18 Å². The van der Waals surface area contributed by atoms with Gasteiger partial charge in [-0.15, -0.1) is 0 Å². The molecule has 1 aliphatic carbocycles. The molecule has 1 aromatic carbocycles. The standard InChI is InChI=1S/C21H22FN3O/c1-14-10-16(15(2)25(14)20-9-5-6-18(22)12-20)11-17(13-23)21(26)24-19-7-3-4-8-19/h5-6,9-12,19H,3-4,7-8H2,1-2H3,(H,24,26)/b17-11-. The van der Waals surface area contributed by atoms with Crippen molar-refractivity contribution >= 4 is 12.0 Å². The van der Waals surface area contributed by atoms with Crippen LogP contribution >= 0.6 is 0 Å². The summed E-state index contributed by atoms with van der Waals surface area (Å²) in [6, 6.07) is 10.4. The van der Waals surface area contributed by atoms with Crippen molar-refractivity contribution in [1.82, 2.24) is 9.88 Å². The number of hydrogen-bond donors (Lipinski definition) is 1. The number of aryl methyl sites for hydroxylation is 1. The van der Waals surface area contributed by atoms with Crippen LogP contribution < -0.4 is 5.32 Å². The van der Waals surface area contributed by atoms with Crippen molar-refractivity contribution in [3.8, 4) is 11.8 Å². The van der Waals surface area contributed by atoms with Gasteiger partial charge in [-0.05, 0) is 62.6 Å². The SMILES string of the molecule is Cc1cc(/C=C(/C#N)C(=O)NC2CCCC2)c(C)n1-c1cccc(F)c1. The molecule has 0 bridgehead atoms. The first-order valence-electron chi connectivity index (χ1n) is 8.87. The summed E-state index contributed by atoms with van der Waals surface area (Å²) in [6.07, 6.45) is 5.79. The maximum Gasteiger partial charge on any atom is 0.262 e. The second kappa shape index (κ2) is 7.57. The lowest BCUT2D eigenvalue weighted by Gasteiger charge is -2.11. The van der Waals surface area contributed by atoms with E-state index in [1.807, 2.05) is 36.6 Å². The molecule has 1 N–H and O–H groups in total. The van der Waals surface area contributed by atoms with Gasteiger partial charge in [-0.2, -0.15) is 5.26 Å². The monoisotopic (exact) mass is 351 g/mol. The van der Waals surface area contributed by atoms with Crippen LogP contribution in [0.15, 0.2) is 35.9 Å². The van der Waals surface area contributed by atoms with Gasteiger partial charge < -0.3 is 9.88 Å². The molecule has 1 fully saturated rings. The van der Waals surface area contributed by atoms with Crippen LogP contribution in [0.25, 0.3) is 11.8 Å². The van der Waals surface area contributed by atoms with Crippen LogP contribution in [-0.4, -0.2) is 16.5 Å². The summed E-state index contributed by atoms with van der Waals surface area (Å²) in [5, 5.41) is 12.4. The molecule has 1 aliphatic rings. The predicted octanol–water partition coefficient (Wildman–Crippen LogP) is 4.20. The van der Waals surface area contributed by atoms with Crippen LogP contribution in [0, 0.1) is 31.0 Å². The zero-order valence-corrected chi connectivity index (χ0v) is 15.1. The van der Waals surface area contributed by atoms with E-state index in [0.29, 0.717) is 5.69 Å². The summed E-state index contributed by atoms with van der Waals surface area (Å²) >= 11 is 0. The Hall–Kier alpha value is -2.87. The van der Waals surface area contributed by atoms with Crippen molar-refractivity contribution in [2.45, 2.75) is 45.6 Å². The number of rotatable bonds is 4. The van der Waals surface area contributed by atoms with E-state index in [4.69, 9.17) is 0 Å². The molecule has 134 valence electrons. The number of benzene rings is 1. The summed E-state index contributed by atoms with van der Waals surface area (Å²) in [4.78, 5) is 12.4. The van der Waals surface area contributed by atoms with Crippen LogP contribution in [0.1, 0.15) is 42.6 Å². The van der Waals surface area contributed by atoms with Crippen LogP contribution in [0.4, 0.5) is 4.39 Å². The average molecular weight is 351 g/mol. The Bertz CT molecular complexity index is 898. The van der Waals surface area contributed by atoms with Gasteiger partial charge in [0.15, 0.2) is 0 Å². The normalized spacial score (nSPS) is 15.1. The largest absolute Gasteiger partial charge is 0.349 e. The van der Waals surface area contributed by atoms with Crippen LogP contribution in [-0.2, 0) is 4.79 Å². The topological polar surface area (TPSA) is 57.8 Å². The Balaban J connectivity index is 1.91. The third-order valence-corrected chi connectivity index (χ3v) is 4.89. The second-order valence-electron chi connectivity index (χ2n) is 6.77. The first-order chi connectivity index (χ1) is 12.5. The van der Waals surface area contributed by atoms with Crippen molar-refractivity contribution in [3.05, 3.63) is 58.7 Å². The maximum absolute atomic E-state index is 13.6. The van der Waals surface area contributed by atoms with Crippen molar-refractivity contribution in [2.75, 3.05) is 0 Å². The third kappa shape index (κ3) is 3.70. The van der Waals surface area contributed by atoms with Crippen LogP contribution in [0.5, 0.6) is 0 Å². The Labute approximate surface area is 152 Å². The lowest BCUT2D eigenvalue weighted by Crippen LogP contribution is -2.33. The quantitative estimate of drug-likeness (QED) is 0.663. The van der Waals surface area contributed by atoms with Gasteiger partial charge in [0.05, 0.1) is 0 Å². The molecule has 0 spiro atoms. The molecule has 0 aliphatic heterocycles. The maximum atomic E-state index is 13.6. The molecule has 0 radical (unpaired) electrons. The minimum absolute atomic E-state index is 0.0939. The number of nitrogens with one attached hydrogen (secondary N) is 1. The molecule has 1 aromatic heterocycles. The molecule has 0 atom stereocenters. The Kier molecular flexibility index (Phi) is 5.22. The highest BCUT2D eigenvalue weighted by Crippen LogP contribution is 2.24. The van der Waals surface area contributed by atoms with Crippen LogP contribution in [0.2, 0.25) is 0 Å². The fourth-order valence-corrected chi connectivity index (χ4v) is 3.58. The molecule has 1 saturated carbocycles. The smallest absolute Gasteiger partial charge is 0.262 e. The summed E-state index contributed by atoms with van der Waals surface area (Å²) in [5.41, 5.74) is 3.36. The Morgan fingerprint density at radius 2 is 2.04 bits per heavy atom. The zero-order chi connectivity index (χ0) is 18.7. The Morgan fingerprint density at radius 3 is 2.69 bits per heavy atom. The summed E-state index contributed by atoms with van der Waals surface area (Å²) in [7, 11) is 0. The van der Waals surface area contributed by atoms with Gasteiger partial charge in [0.25, 0.3) is 5.91 Å². The first-order valence-corrected chi connectivity index (χ1v) is 8.87. The number of nitriles is 1. The van der Waals surface area contributed by atoms with E-state index in [-0.39, 0.29) is 23.3 Å². The van der Waals surface area contributed by atoms with E-state index in [2.05, 4.69) is 5.32 Å². The van der Waals surface area contributed by atoms with Crippen molar-refractivity contribution in [3.63, 3.8) is 0 Å². The number of carbonyl (C=O) groups is 1. The van der Waals surface area contributed by atoms with E-state index < -0.39 is 0 Å². The van der Waals surface area contributed by atoms with Gasteiger partial charge in [-0.1, -0.05) is 18.9 Å². The summed E-state index contributed by atoms with van der Waals surface area (Å²) < 4.78 is 15.5. The van der Waals surface area contributed by atoms with Gasteiger partial charge in [0, 0.05) is 23.1 Å². The number of hydrogen-bond acceptors (Lipinski definition) is 2. The first kappa shape index (κ1) is 17.9. The highest BCUT2D eigenvalue weighted by Gasteiger charge is 2.20. The van der Waals surface area contributed by atoms with Gasteiger partial charge in [0.1, 0.15) is 17.5 Å². The molecule has 4 nitrogen and oxygen atoms in total. The number of halogens is 1. The van der Waals surface area contributed by atoms with E-state index in [9.17, 15) is 14.4 Å². The molecule has 5 heteroatoms. The molecule has 3 rings (SSSR count). The van der Waals surface area contributed by atoms with Gasteiger partial charge >= 0.3 is 0 Å². The zero-order valence-electron chi connectivity index (χ0n) is 15.1. The molecule has 0 unspecified atom stereocenters. The predicted molar refractivity (Wildman–Crippen MR) is 99.2 cm³/mol. The van der Waals surface area contributed by atoms with Gasteiger partial charge in [-0.25, -0.2) is 4.39 Å². The van der Waals surface area contributed by atoms with E-state index in [1.165, 1.54) is 12.1 Å². The number of carbonyl (C=O) groups excluding carboxylic acids is 1. The number of aromatic nitrogens is 1. The van der Waals surface area contributed by atoms with E-state index >= 15 is 0 Å². The second-order valence-corrected chi connectivity index (χ2v) is 6.77. The summed E-state index contributed by atoms with van der Waals surface area (Å²) in [5.74, 6) is -0.629. The lowest BCUT2D eigenvalue weighted by molar-refractivity contribution is -0.117. The minimum Gasteiger partial charge on any atom is -0.349 e. The van der Waals surface area contributed by atoms with Crippen LogP contribution in [0.3, 0.4) is 0 Å². The van der Waals surface area contributed by atoms with E-state index in [1.54, 1.807) is 12.1 Å². The van der Waals surface area contributed by atoms with Gasteiger partial charge in [0.2, 0.25) is 0 Å². The molecule has 1 amide bonds. The molecule has 0 saturated heterocycles. The highest BCUT2D eigenvalue weighted by atomic mass is 19.1. The summed E-state index contributed by atoms with van der Waals surface area (Å²) in [6.45, 7) is 3.81. The van der Waals surface area contributed by atoms with Gasteiger partial charge in [-0.3, -0.25) is 4.79 Å². The minimum atomic E-state index is -0.324. The Morgan fingerprint density at radius 1 is 1.31 bits per heavy atom. The molecule has 1 heterocycles. The average Bonchev–Trinajstić information content (AvgIpc) is 3.20. The molecular formula is C21H22FN3O. The van der Waals surface area contributed by atoms with Crippen molar-refractivity contribution in [1.29, 1.82) is 5.26 Å². The number of amides is 1. The van der Waals surface area contributed by atoms with Crippen molar-refractivity contribution in [2.24, 2.45) is 0 Å². The lowest BCUT2D eigenvalue weighted by atomic mass is 10.1.